The second kappa shape index (κ2) is 7.43. The Morgan fingerprint density at radius 2 is 2.06 bits per heavy atom. The first-order chi connectivity index (χ1) is 7.40. The molecule has 0 N–H and O–H groups in total. The van der Waals surface area contributed by atoms with Gasteiger partial charge in [0.05, 0.1) is 13.2 Å². The van der Waals surface area contributed by atoms with Crippen molar-refractivity contribution in [3.8, 4) is 0 Å². The first-order valence-electron chi connectivity index (χ1n) is 5.32. The van der Waals surface area contributed by atoms with Gasteiger partial charge in [0.25, 0.3) is 0 Å². The number of halogens is 2. The van der Waals surface area contributed by atoms with Gasteiger partial charge < -0.3 is 4.74 Å². The minimum atomic E-state index is 0. The van der Waals surface area contributed by atoms with E-state index in [2.05, 4.69) is 51.2 Å². The molecule has 1 atom stereocenters. The van der Waals surface area contributed by atoms with Crippen LogP contribution < -0.4 is 0 Å². The van der Waals surface area contributed by atoms with Crippen molar-refractivity contribution in [1.29, 1.82) is 0 Å². The van der Waals surface area contributed by atoms with Crippen molar-refractivity contribution in [2.75, 3.05) is 25.1 Å². The Labute approximate surface area is 116 Å². The van der Waals surface area contributed by atoms with Crippen LogP contribution in [-0.2, 0) is 11.3 Å². The SMILES string of the molecule is Br.BrCC1COCCN1Cc1ccccc1. The van der Waals surface area contributed by atoms with Gasteiger partial charge in [0.2, 0.25) is 0 Å². The van der Waals surface area contributed by atoms with E-state index < -0.39 is 0 Å². The Kier molecular flexibility index (Phi) is 6.58. The molecule has 0 aliphatic carbocycles. The molecule has 16 heavy (non-hydrogen) atoms. The fourth-order valence-electron chi connectivity index (χ4n) is 1.86. The molecule has 0 saturated carbocycles. The van der Waals surface area contributed by atoms with Crippen molar-refractivity contribution in [3.05, 3.63) is 35.9 Å². The van der Waals surface area contributed by atoms with Crippen LogP contribution in [0.25, 0.3) is 0 Å². The maximum Gasteiger partial charge on any atom is 0.0630 e. The van der Waals surface area contributed by atoms with Crippen molar-refractivity contribution in [3.63, 3.8) is 0 Å². The molecule has 2 nitrogen and oxygen atoms in total. The number of benzene rings is 1. The summed E-state index contributed by atoms with van der Waals surface area (Å²) in [7, 11) is 0. The van der Waals surface area contributed by atoms with Crippen LogP contribution in [0, 0.1) is 0 Å². The van der Waals surface area contributed by atoms with Gasteiger partial charge in [-0.25, -0.2) is 0 Å². The van der Waals surface area contributed by atoms with Crippen LogP contribution >= 0.6 is 32.9 Å². The average Bonchev–Trinajstić information content (AvgIpc) is 2.31. The first-order valence-corrected chi connectivity index (χ1v) is 6.44. The monoisotopic (exact) mass is 349 g/mol. The lowest BCUT2D eigenvalue weighted by Crippen LogP contribution is -2.45. The number of hydrogen-bond acceptors (Lipinski definition) is 2. The Hall–Kier alpha value is 0.1000. The molecular weight excluding hydrogens is 334 g/mol. The molecule has 0 spiro atoms. The minimum Gasteiger partial charge on any atom is -0.378 e. The van der Waals surface area contributed by atoms with Crippen LogP contribution in [-0.4, -0.2) is 36.0 Å². The third-order valence-electron chi connectivity index (χ3n) is 2.76. The van der Waals surface area contributed by atoms with Crippen LogP contribution in [0.1, 0.15) is 5.56 Å². The number of morpholine rings is 1. The quantitative estimate of drug-likeness (QED) is 0.777. The highest BCUT2D eigenvalue weighted by molar-refractivity contribution is 9.09. The van der Waals surface area contributed by atoms with Crippen molar-refractivity contribution in [2.24, 2.45) is 0 Å². The summed E-state index contributed by atoms with van der Waals surface area (Å²) in [6.07, 6.45) is 0. The summed E-state index contributed by atoms with van der Waals surface area (Å²) in [6, 6.07) is 11.1. The van der Waals surface area contributed by atoms with E-state index in [1.807, 2.05) is 0 Å². The van der Waals surface area contributed by atoms with E-state index in [0.717, 1.165) is 31.6 Å². The smallest absolute Gasteiger partial charge is 0.0630 e. The van der Waals surface area contributed by atoms with E-state index in [1.54, 1.807) is 0 Å². The van der Waals surface area contributed by atoms with Crippen LogP contribution in [0.3, 0.4) is 0 Å². The molecular formula is C12H17Br2NO. The first kappa shape index (κ1) is 14.2. The fourth-order valence-corrected chi connectivity index (χ4v) is 2.45. The van der Waals surface area contributed by atoms with Gasteiger partial charge in [-0.15, -0.1) is 17.0 Å². The molecule has 0 aromatic heterocycles. The summed E-state index contributed by atoms with van der Waals surface area (Å²) in [5.74, 6) is 0. The second-order valence-corrected chi connectivity index (χ2v) is 4.49. The molecule has 1 saturated heterocycles. The lowest BCUT2D eigenvalue weighted by molar-refractivity contribution is -0.00212. The predicted octanol–water partition coefficient (Wildman–Crippen LogP) is 2.86. The summed E-state index contributed by atoms with van der Waals surface area (Å²) >= 11 is 3.54. The van der Waals surface area contributed by atoms with E-state index in [-0.39, 0.29) is 17.0 Å². The van der Waals surface area contributed by atoms with Crippen molar-refractivity contribution in [1.82, 2.24) is 4.90 Å². The number of alkyl halides is 1. The molecule has 1 aromatic rings. The molecule has 0 amide bonds. The Morgan fingerprint density at radius 3 is 2.75 bits per heavy atom. The zero-order valence-corrected chi connectivity index (χ0v) is 12.4. The Morgan fingerprint density at radius 1 is 1.31 bits per heavy atom. The van der Waals surface area contributed by atoms with Gasteiger partial charge in [-0.3, -0.25) is 4.90 Å². The van der Waals surface area contributed by atoms with E-state index >= 15 is 0 Å². The molecule has 0 bridgehead atoms. The van der Waals surface area contributed by atoms with E-state index in [9.17, 15) is 0 Å². The van der Waals surface area contributed by atoms with E-state index in [1.165, 1.54) is 5.56 Å². The lowest BCUT2D eigenvalue weighted by atomic mass is 10.1. The third kappa shape index (κ3) is 3.84. The molecule has 4 heteroatoms. The zero-order valence-electron chi connectivity index (χ0n) is 9.14. The van der Waals surface area contributed by atoms with Crippen LogP contribution in [0.15, 0.2) is 30.3 Å². The van der Waals surface area contributed by atoms with Gasteiger partial charge in [-0.05, 0) is 5.56 Å². The van der Waals surface area contributed by atoms with Gasteiger partial charge in [0, 0.05) is 24.5 Å². The molecule has 1 heterocycles. The average molecular weight is 351 g/mol. The molecule has 1 aliphatic heterocycles. The molecule has 90 valence electrons. The minimum absolute atomic E-state index is 0. The highest BCUT2D eigenvalue weighted by atomic mass is 79.9. The highest BCUT2D eigenvalue weighted by Crippen LogP contribution is 2.13. The number of ether oxygens (including phenoxy) is 1. The molecule has 1 aliphatic rings. The zero-order chi connectivity index (χ0) is 10.5. The summed E-state index contributed by atoms with van der Waals surface area (Å²) in [5, 5.41) is 0.986. The predicted molar refractivity (Wildman–Crippen MR) is 75.6 cm³/mol. The topological polar surface area (TPSA) is 12.5 Å². The van der Waals surface area contributed by atoms with Gasteiger partial charge in [-0.1, -0.05) is 46.3 Å². The molecule has 1 fully saturated rings. The molecule has 1 aromatic carbocycles. The fraction of sp³-hybridized carbons (Fsp3) is 0.500. The molecule has 2 rings (SSSR count). The van der Waals surface area contributed by atoms with E-state index in [0.29, 0.717) is 6.04 Å². The van der Waals surface area contributed by atoms with Gasteiger partial charge in [0.15, 0.2) is 0 Å². The second-order valence-electron chi connectivity index (χ2n) is 3.84. The van der Waals surface area contributed by atoms with Crippen LogP contribution in [0.2, 0.25) is 0 Å². The van der Waals surface area contributed by atoms with Crippen molar-refractivity contribution >= 4 is 32.9 Å². The summed E-state index contributed by atoms with van der Waals surface area (Å²) in [5.41, 5.74) is 1.38. The molecule has 0 radical (unpaired) electrons. The maximum atomic E-state index is 5.47. The van der Waals surface area contributed by atoms with Crippen molar-refractivity contribution < 1.29 is 4.74 Å². The normalized spacial score (nSPS) is 21.4. The number of hydrogen-bond donors (Lipinski definition) is 0. The van der Waals surface area contributed by atoms with Crippen molar-refractivity contribution in [2.45, 2.75) is 12.6 Å². The number of rotatable bonds is 3. The molecule has 1 unspecified atom stereocenters. The standard InChI is InChI=1S/C12H16BrNO.BrH/c13-8-12-10-15-7-6-14(12)9-11-4-2-1-3-5-11;/h1-5,12H,6-10H2;1H. The summed E-state index contributed by atoms with van der Waals surface area (Å²) < 4.78 is 5.47. The van der Waals surface area contributed by atoms with E-state index in [4.69, 9.17) is 4.74 Å². The maximum absolute atomic E-state index is 5.47. The summed E-state index contributed by atoms with van der Waals surface area (Å²) in [6.45, 7) is 3.76. The van der Waals surface area contributed by atoms with Gasteiger partial charge in [0.1, 0.15) is 0 Å². The highest BCUT2D eigenvalue weighted by Gasteiger charge is 2.21. The van der Waals surface area contributed by atoms with Gasteiger partial charge >= 0.3 is 0 Å². The van der Waals surface area contributed by atoms with Crippen LogP contribution in [0.5, 0.6) is 0 Å². The third-order valence-corrected chi connectivity index (χ3v) is 3.50. The largest absolute Gasteiger partial charge is 0.378 e. The number of nitrogens with zero attached hydrogens (tertiary/aromatic N) is 1. The van der Waals surface area contributed by atoms with Crippen LogP contribution in [0.4, 0.5) is 0 Å². The summed E-state index contributed by atoms with van der Waals surface area (Å²) in [4.78, 5) is 2.48. The van der Waals surface area contributed by atoms with Gasteiger partial charge in [-0.2, -0.15) is 0 Å². The lowest BCUT2D eigenvalue weighted by Gasteiger charge is -2.34. The Balaban J connectivity index is 0.00000128. The Bertz CT molecular complexity index is 294.